The minimum Gasteiger partial charge on any atom is -0.496 e. The molecule has 0 radical (unpaired) electrons. The van der Waals surface area contributed by atoms with E-state index in [2.05, 4.69) is 24.3 Å². The minimum absolute atomic E-state index is 0.540. The molecule has 0 aromatic heterocycles. The molecule has 0 aliphatic heterocycles. The Balaban J connectivity index is 0. The zero-order valence-electron chi connectivity index (χ0n) is 22.8. The number of methoxy groups -OCH3 is 1. The molecule has 6 heteroatoms. The maximum atomic E-state index is 11.0. The van der Waals surface area contributed by atoms with Crippen LogP contribution in [0.3, 0.4) is 0 Å². The first kappa shape index (κ1) is 34.9. The van der Waals surface area contributed by atoms with Crippen LogP contribution in [0.1, 0.15) is 86.8 Å². The van der Waals surface area contributed by atoms with Gasteiger partial charge in [0, 0.05) is 6.42 Å². The summed E-state index contributed by atoms with van der Waals surface area (Å²) in [6, 6.07) is 8.83. The van der Waals surface area contributed by atoms with E-state index in [-0.39, 0.29) is 0 Å². The van der Waals surface area contributed by atoms with E-state index in [4.69, 9.17) is 23.9 Å². The number of hydrogen-bond acceptors (Lipinski definition) is 6. The summed E-state index contributed by atoms with van der Waals surface area (Å²) in [5.74, 6) is 1.64. The molecular formula is C30H44O6. The smallest absolute Gasteiger partial charge is 0.298 e. The van der Waals surface area contributed by atoms with Crippen molar-refractivity contribution < 1.29 is 28.7 Å². The van der Waals surface area contributed by atoms with Gasteiger partial charge in [0.05, 0.1) is 7.11 Å². The van der Waals surface area contributed by atoms with Crippen LogP contribution in [0.15, 0.2) is 24.3 Å². The summed E-state index contributed by atoms with van der Waals surface area (Å²) in [6.07, 6.45) is 10.2. The van der Waals surface area contributed by atoms with Gasteiger partial charge in [-0.05, 0) is 96.9 Å². The molecule has 2 aliphatic carbocycles. The van der Waals surface area contributed by atoms with E-state index in [0.717, 1.165) is 43.4 Å². The minimum atomic E-state index is 0.540. The Morgan fingerprint density at radius 3 is 1.33 bits per heavy atom. The van der Waals surface area contributed by atoms with Gasteiger partial charge in [-0.25, -0.2) is 0 Å². The van der Waals surface area contributed by atoms with E-state index in [1.54, 1.807) is 7.11 Å². The predicted molar refractivity (Wildman–Crippen MR) is 146 cm³/mol. The first-order valence-electron chi connectivity index (χ1n) is 12.6. The first-order chi connectivity index (χ1) is 17.8. The lowest BCUT2D eigenvalue weighted by Gasteiger charge is -2.21. The van der Waals surface area contributed by atoms with Crippen molar-refractivity contribution >= 4 is 26.8 Å². The van der Waals surface area contributed by atoms with E-state index in [0.29, 0.717) is 12.2 Å². The van der Waals surface area contributed by atoms with Crippen molar-refractivity contribution in [2.45, 2.75) is 85.5 Å². The average Bonchev–Trinajstić information content (AvgIpc) is 2.98. The quantitative estimate of drug-likeness (QED) is 0.463. The normalized spacial score (nSPS) is 12.0. The molecule has 2 aromatic carbocycles. The van der Waals surface area contributed by atoms with Crippen molar-refractivity contribution in [3.8, 4) is 11.5 Å². The highest BCUT2D eigenvalue weighted by molar-refractivity contribution is 5.54. The molecule has 4 rings (SSSR count). The van der Waals surface area contributed by atoms with Crippen molar-refractivity contribution in [3.05, 3.63) is 57.6 Å². The second-order valence-electron chi connectivity index (χ2n) is 7.47. The third-order valence-corrected chi connectivity index (χ3v) is 5.83. The van der Waals surface area contributed by atoms with Crippen LogP contribution in [0.4, 0.5) is 0 Å². The summed E-state index contributed by atoms with van der Waals surface area (Å²) in [7, 11) is 1.74. The summed E-state index contributed by atoms with van der Waals surface area (Å²) < 4.78 is 11.0. The Labute approximate surface area is 217 Å². The Kier molecular flexibility index (Phi) is 21.5. The van der Waals surface area contributed by atoms with Crippen LogP contribution >= 0.6 is 0 Å². The maximum Gasteiger partial charge on any atom is 0.298 e. The van der Waals surface area contributed by atoms with Gasteiger partial charge in [0.2, 0.25) is 0 Å². The third-order valence-electron chi connectivity index (χ3n) is 5.83. The highest BCUT2D eigenvalue weighted by Crippen LogP contribution is 2.35. The summed E-state index contributed by atoms with van der Waals surface area (Å²) in [6.45, 7) is 14.5. The van der Waals surface area contributed by atoms with Gasteiger partial charge in [-0.3, -0.25) is 4.79 Å². The summed E-state index contributed by atoms with van der Waals surface area (Å²) in [4.78, 5) is 35.0. The fourth-order valence-corrected chi connectivity index (χ4v) is 4.46. The number of hydrogen-bond donors (Lipinski definition) is 0. The van der Waals surface area contributed by atoms with Gasteiger partial charge in [-0.2, -0.15) is 0 Å². The van der Waals surface area contributed by atoms with Crippen molar-refractivity contribution in [2.75, 3.05) is 7.11 Å². The summed E-state index contributed by atoms with van der Waals surface area (Å²) in [5.41, 5.74) is 7.86. The Morgan fingerprint density at radius 1 is 0.639 bits per heavy atom. The van der Waals surface area contributed by atoms with Gasteiger partial charge in [0.15, 0.2) is 0 Å². The first-order valence-corrected chi connectivity index (χ1v) is 12.6. The molecule has 200 valence electrons. The van der Waals surface area contributed by atoms with E-state index < -0.39 is 0 Å². The number of ether oxygens (including phenoxy) is 2. The lowest BCUT2D eigenvalue weighted by Crippen LogP contribution is -2.08. The molecule has 36 heavy (non-hydrogen) atoms. The number of carbonyl (C=O) groups excluding carboxylic acids is 4. The molecular weight excluding hydrogens is 456 g/mol. The third kappa shape index (κ3) is 10.1. The van der Waals surface area contributed by atoms with Gasteiger partial charge in [-0.15, -0.1) is 0 Å². The number of carbonyl (C=O) groups is 4. The monoisotopic (exact) mass is 500 g/mol. The van der Waals surface area contributed by atoms with Gasteiger partial charge < -0.3 is 23.9 Å². The fourth-order valence-electron chi connectivity index (χ4n) is 4.46. The molecule has 0 N–H and O–H groups in total. The van der Waals surface area contributed by atoms with Crippen molar-refractivity contribution in [1.82, 2.24) is 0 Å². The predicted octanol–water partition coefficient (Wildman–Crippen LogP) is 6.08. The second kappa shape index (κ2) is 22.2. The Hall–Kier alpha value is -3.28. The molecule has 0 amide bonds. The lowest BCUT2D eigenvalue weighted by atomic mass is 9.86. The zero-order chi connectivity index (χ0) is 27.9. The van der Waals surface area contributed by atoms with Crippen LogP contribution in [-0.4, -0.2) is 33.9 Å². The Morgan fingerprint density at radius 2 is 0.972 bits per heavy atom. The van der Waals surface area contributed by atoms with Crippen molar-refractivity contribution in [1.29, 1.82) is 0 Å². The molecule has 0 fully saturated rings. The van der Waals surface area contributed by atoms with E-state index in [9.17, 15) is 4.79 Å². The van der Waals surface area contributed by atoms with Gasteiger partial charge in [0.25, 0.3) is 6.47 Å². The second-order valence-corrected chi connectivity index (χ2v) is 7.47. The van der Waals surface area contributed by atoms with Crippen molar-refractivity contribution in [2.24, 2.45) is 0 Å². The topological polar surface area (TPSA) is 86.7 Å². The largest absolute Gasteiger partial charge is 0.496 e. The highest BCUT2D eigenvalue weighted by Gasteiger charge is 2.18. The summed E-state index contributed by atoms with van der Waals surface area (Å²) >= 11 is 0. The molecule has 0 bridgehead atoms. The van der Waals surface area contributed by atoms with Crippen molar-refractivity contribution in [3.63, 3.8) is 0 Å². The van der Waals surface area contributed by atoms with E-state index >= 15 is 0 Å². The highest BCUT2D eigenvalue weighted by atomic mass is 16.5. The van der Waals surface area contributed by atoms with E-state index in [1.165, 1.54) is 53.5 Å². The summed E-state index contributed by atoms with van der Waals surface area (Å²) in [5, 5.41) is 0. The maximum absolute atomic E-state index is 11.0. The molecule has 6 nitrogen and oxygen atoms in total. The average molecular weight is 501 g/mol. The SMILES string of the molecule is C=O.C=O.C=O.CC.CC.COc1cc2c(cc1Cc1cc3c(cc1OC=O)CCCC3)CCCC2. The molecule has 0 saturated heterocycles. The van der Waals surface area contributed by atoms with Crippen LogP contribution in [0.2, 0.25) is 0 Å². The molecule has 0 unspecified atom stereocenters. The van der Waals surface area contributed by atoms with Crippen LogP contribution in [0.5, 0.6) is 11.5 Å². The molecule has 0 atom stereocenters. The number of aryl methyl sites for hydroxylation is 4. The molecule has 0 saturated carbocycles. The van der Waals surface area contributed by atoms with Crippen LogP contribution in [0, 0.1) is 0 Å². The number of benzene rings is 2. The molecule has 0 heterocycles. The van der Waals surface area contributed by atoms with E-state index in [1.807, 2.05) is 48.1 Å². The number of rotatable bonds is 5. The standard InChI is InChI=1S/C23H26O3.2C2H6.3CH2O/c1-25-22-13-18-8-4-2-6-16(18)10-20(22)12-21-11-17-7-3-5-9-19(17)14-23(21)26-15-24;5*1-2/h10-11,13-15H,2-9,12H2,1H3;2*1-2H3;3*1H2. The van der Waals surface area contributed by atoms with Crippen LogP contribution in [-0.2, 0) is 51.3 Å². The van der Waals surface area contributed by atoms with Gasteiger partial charge in [0.1, 0.15) is 31.9 Å². The van der Waals surface area contributed by atoms with Crippen LogP contribution < -0.4 is 9.47 Å². The van der Waals surface area contributed by atoms with Gasteiger partial charge >= 0.3 is 0 Å². The molecule has 2 aromatic rings. The fraction of sp³-hybridized carbons (Fsp3) is 0.467. The Bertz CT molecular complexity index is 873. The van der Waals surface area contributed by atoms with Gasteiger partial charge in [-0.1, -0.05) is 39.8 Å². The molecule has 2 aliphatic rings. The number of fused-ring (bicyclic) bond motifs is 2. The molecule has 0 spiro atoms. The zero-order valence-corrected chi connectivity index (χ0v) is 22.8. The van der Waals surface area contributed by atoms with Crippen LogP contribution in [0.25, 0.3) is 0 Å². The lowest BCUT2D eigenvalue weighted by molar-refractivity contribution is -0.120.